The molecule has 0 aliphatic heterocycles. The number of amides is 1. The Labute approximate surface area is 133 Å². The molecule has 23 heavy (non-hydrogen) atoms. The number of aromatic amines is 1. The van der Waals surface area contributed by atoms with E-state index in [9.17, 15) is 4.79 Å². The van der Waals surface area contributed by atoms with Crippen LogP contribution in [0, 0.1) is 0 Å². The van der Waals surface area contributed by atoms with Crippen LogP contribution in [-0.4, -0.2) is 27.8 Å². The van der Waals surface area contributed by atoms with E-state index in [1.807, 2.05) is 43.7 Å². The number of aryl methyl sites for hydroxylation is 1. The number of carbonyl (C=O) groups excluding carboxylic acids is 1. The first-order valence-electron chi connectivity index (χ1n) is 7.58. The fourth-order valence-corrected chi connectivity index (χ4v) is 2.92. The maximum absolute atomic E-state index is 12.6. The summed E-state index contributed by atoms with van der Waals surface area (Å²) in [5.41, 5.74) is 2.28. The summed E-state index contributed by atoms with van der Waals surface area (Å²) in [6.07, 6.45) is 5.67. The van der Waals surface area contributed by atoms with E-state index in [-0.39, 0.29) is 11.4 Å². The van der Waals surface area contributed by atoms with Gasteiger partial charge in [-0.05, 0) is 37.1 Å². The SMILES string of the molecule is COc1ccc2[nH]c(C(=O)NC3(c4cnn(C)c4)CC3)cc2c1. The van der Waals surface area contributed by atoms with E-state index in [0.29, 0.717) is 5.69 Å². The van der Waals surface area contributed by atoms with Gasteiger partial charge in [-0.2, -0.15) is 5.10 Å². The second-order valence-electron chi connectivity index (χ2n) is 6.08. The van der Waals surface area contributed by atoms with Crippen molar-refractivity contribution in [2.24, 2.45) is 7.05 Å². The summed E-state index contributed by atoms with van der Waals surface area (Å²) in [5.74, 6) is 0.680. The number of hydrogen-bond acceptors (Lipinski definition) is 3. The fourth-order valence-electron chi connectivity index (χ4n) is 2.92. The van der Waals surface area contributed by atoms with Crippen molar-refractivity contribution >= 4 is 16.8 Å². The Kier molecular flexibility index (Phi) is 2.94. The monoisotopic (exact) mass is 310 g/mol. The lowest BCUT2D eigenvalue weighted by molar-refractivity contribution is 0.0926. The molecule has 0 spiro atoms. The topological polar surface area (TPSA) is 71.9 Å². The minimum absolute atomic E-state index is 0.0958. The van der Waals surface area contributed by atoms with Crippen LogP contribution >= 0.6 is 0 Å². The van der Waals surface area contributed by atoms with Gasteiger partial charge in [-0.15, -0.1) is 0 Å². The molecule has 2 aromatic heterocycles. The summed E-state index contributed by atoms with van der Waals surface area (Å²) < 4.78 is 6.98. The van der Waals surface area contributed by atoms with Crippen LogP contribution in [0.4, 0.5) is 0 Å². The van der Waals surface area contributed by atoms with Gasteiger partial charge in [-0.25, -0.2) is 0 Å². The van der Waals surface area contributed by atoms with Gasteiger partial charge in [0.2, 0.25) is 0 Å². The Hall–Kier alpha value is -2.76. The highest BCUT2D eigenvalue weighted by Gasteiger charge is 2.46. The number of ether oxygens (including phenoxy) is 1. The number of benzene rings is 1. The average molecular weight is 310 g/mol. The van der Waals surface area contributed by atoms with E-state index < -0.39 is 0 Å². The number of hydrogen-bond donors (Lipinski definition) is 2. The molecule has 1 aromatic carbocycles. The molecular formula is C17H18N4O2. The van der Waals surface area contributed by atoms with Gasteiger partial charge in [0.25, 0.3) is 5.91 Å². The number of H-pyrrole nitrogens is 1. The molecule has 2 N–H and O–H groups in total. The third-order valence-corrected chi connectivity index (χ3v) is 4.43. The molecule has 0 unspecified atom stereocenters. The summed E-state index contributed by atoms with van der Waals surface area (Å²) in [7, 11) is 3.51. The summed E-state index contributed by atoms with van der Waals surface area (Å²) in [6.45, 7) is 0. The molecule has 1 amide bonds. The minimum Gasteiger partial charge on any atom is -0.497 e. The molecule has 0 bridgehead atoms. The van der Waals surface area contributed by atoms with Crippen molar-refractivity contribution in [1.29, 1.82) is 0 Å². The van der Waals surface area contributed by atoms with Crippen molar-refractivity contribution in [2.75, 3.05) is 7.11 Å². The van der Waals surface area contributed by atoms with Crippen LogP contribution < -0.4 is 10.1 Å². The highest BCUT2D eigenvalue weighted by Crippen LogP contribution is 2.45. The normalized spacial score (nSPS) is 15.6. The number of nitrogens with one attached hydrogen (secondary N) is 2. The van der Waals surface area contributed by atoms with Crippen LogP contribution in [0.5, 0.6) is 5.75 Å². The van der Waals surface area contributed by atoms with Crippen LogP contribution in [0.3, 0.4) is 0 Å². The van der Waals surface area contributed by atoms with E-state index in [0.717, 1.165) is 35.1 Å². The zero-order valence-electron chi connectivity index (χ0n) is 13.1. The Balaban J connectivity index is 1.60. The van der Waals surface area contributed by atoms with Gasteiger partial charge in [0.15, 0.2) is 0 Å². The first-order chi connectivity index (χ1) is 11.1. The van der Waals surface area contributed by atoms with Gasteiger partial charge in [0.1, 0.15) is 11.4 Å². The Morgan fingerprint density at radius 2 is 2.22 bits per heavy atom. The smallest absolute Gasteiger partial charge is 0.268 e. The maximum Gasteiger partial charge on any atom is 0.268 e. The molecule has 1 fully saturated rings. The van der Waals surface area contributed by atoms with Crippen LogP contribution in [0.2, 0.25) is 0 Å². The van der Waals surface area contributed by atoms with Crippen molar-refractivity contribution < 1.29 is 9.53 Å². The lowest BCUT2D eigenvalue weighted by Gasteiger charge is -2.15. The third-order valence-electron chi connectivity index (χ3n) is 4.43. The van der Waals surface area contributed by atoms with Crippen molar-refractivity contribution in [3.8, 4) is 5.75 Å². The standard InChI is InChI=1S/C17H18N4O2/c1-21-10-12(9-18-21)17(5-6-17)20-16(22)15-8-11-7-13(23-2)3-4-14(11)19-15/h3-4,7-10,19H,5-6H2,1-2H3,(H,20,22). The van der Waals surface area contributed by atoms with E-state index in [1.165, 1.54) is 0 Å². The molecule has 0 saturated heterocycles. The first-order valence-corrected chi connectivity index (χ1v) is 7.58. The zero-order chi connectivity index (χ0) is 16.0. The average Bonchev–Trinajstić information content (AvgIpc) is 2.99. The van der Waals surface area contributed by atoms with E-state index in [4.69, 9.17) is 4.74 Å². The van der Waals surface area contributed by atoms with Crippen molar-refractivity contribution in [3.63, 3.8) is 0 Å². The van der Waals surface area contributed by atoms with Crippen LogP contribution in [0.25, 0.3) is 10.9 Å². The highest BCUT2D eigenvalue weighted by molar-refractivity contribution is 5.98. The van der Waals surface area contributed by atoms with Crippen molar-refractivity contribution in [1.82, 2.24) is 20.1 Å². The highest BCUT2D eigenvalue weighted by atomic mass is 16.5. The van der Waals surface area contributed by atoms with Crippen LogP contribution in [-0.2, 0) is 12.6 Å². The maximum atomic E-state index is 12.6. The van der Waals surface area contributed by atoms with Gasteiger partial charge in [-0.3, -0.25) is 9.48 Å². The fraction of sp³-hybridized carbons (Fsp3) is 0.294. The number of fused-ring (bicyclic) bond motifs is 1. The molecule has 3 aromatic rings. The predicted molar refractivity (Wildman–Crippen MR) is 86.4 cm³/mol. The van der Waals surface area contributed by atoms with E-state index >= 15 is 0 Å². The number of rotatable bonds is 4. The molecular weight excluding hydrogens is 292 g/mol. The lowest BCUT2D eigenvalue weighted by Crippen LogP contribution is -2.34. The van der Waals surface area contributed by atoms with Gasteiger partial charge in [0.05, 0.1) is 18.8 Å². The Morgan fingerprint density at radius 3 is 2.87 bits per heavy atom. The van der Waals surface area contributed by atoms with Crippen LogP contribution in [0.15, 0.2) is 36.7 Å². The molecule has 2 heterocycles. The lowest BCUT2D eigenvalue weighted by atomic mass is 10.1. The first kappa shape index (κ1) is 13.9. The molecule has 1 aliphatic rings. The minimum atomic E-state index is -0.264. The molecule has 6 heteroatoms. The second kappa shape index (κ2) is 4.87. The van der Waals surface area contributed by atoms with Crippen LogP contribution in [0.1, 0.15) is 28.9 Å². The van der Waals surface area contributed by atoms with Gasteiger partial charge < -0.3 is 15.0 Å². The molecule has 118 valence electrons. The number of nitrogens with zero attached hydrogens (tertiary/aromatic N) is 2. The summed E-state index contributed by atoms with van der Waals surface area (Å²) in [6, 6.07) is 7.56. The molecule has 6 nitrogen and oxygen atoms in total. The number of carbonyl (C=O) groups is 1. The quantitative estimate of drug-likeness (QED) is 0.777. The summed E-state index contributed by atoms with van der Waals surface area (Å²) in [4.78, 5) is 15.8. The number of methoxy groups -OCH3 is 1. The Morgan fingerprint density at radius 1 is 1.39 bits per heavy atom. The summed E-state index contributed by atoms with van der Waals surface area (Å²) >= 11 is 0. The molecule has 0 atom stereocenters. The zero-order valence-corrected chi connectivity index (χ0v) is 13.1. The third kappa shape index (κ3) is 2.36. The second-order valence-corrected chi connectivity index (χ2v) is 6.08. The predicted octanol–water partition coefficient (Wildman–Crippen LogP) is 2.33. The largest absolute Gasteiger partial charge is 0.497 e. The molecule has 0 radical (unpaired) electrons. The van der Waals surface area contributed by atoms with Crippen molar-refractivity contribution in [3.05, 3.63) is 47.9 Å². The number of aromatic nitrogens is 3. The molecule has 1 aliphatic carbocycles. The van der Waals surface area contributed by atoms with Crippen molar-refractivity contribution in [2.45, 2.75) is 18.4 Å². The molecule has 4 rings (SSSR count). The van der Waals surface area contributed by atoms with Gasteiger partial charge in [-0.1, -0.05) is 0 Å². The Bertz CT molecular complexity index is 889. The van der Waals surface area contributed by atoms with Gasteiger partial charge >= 0.3 is 0 Å². The molecule has 1 saturated carbocycles. The van der Waals surface area contributed by atoms with E-state index in [2.05, 4.69) is 15.4 Å². The van der Waals surface area contributed by atoms with E-state index in [1.54, 1.807) is 11.8 Å². The van der Waals surface area contributed by atoms with Gasteiger partial charge in [0, 0.05) is 29.7 Å². The summed E-state index contributed by atoms with van der Waals surface area (Å²) in [5, 5.41) is 8.31.